The number of ether oxygens (including phenoxy) is 1. The van der Waals surface area contributed by atoms with Crippen molar-refractivity contribution < 1.29 is 14.6 Å². The lowest BCUT2D eigenvalue weighted by Gasteiger charge is -2.09. The van der Waals surface area contributed by atoms with Crippen molar-refractivity contribution in [3.63, 3.8) is 0 Å². The fourth-order valence-electron chi connectivity index (χ4n) is 1.54. The minimum Gasteiger partial charge on any atom is -0.489 e. The molecule has 1 heterocycles. The molecule has 0 radical (unpaired) electrons. The van der Waals surface area contributed by atoms with Gasteiger partial charge < -0.3 is 9.84 Å². The molecule has 0 aliphatic heterocycles. The molecule has 0 spiro atoms. The van der Waals surface area contributed by atoms with E-state index in [2.05, 4.69) is 15.9 Å². The molecule has 2 aromatic rings. The predicted molar refractivity (Wildman–Crippen MR) is 74.1 cm³/mol. The first-order chi connectivity index (χ1) is 8.65. The Labute approximate surface area is 117 Å². The Morgan fingerprint density at radius 1 is 1.39 bits per heavy atom. The summed E-state index contributed by atoms with van der Waals surface area (Å²) >= 11 is 4.99. The third kappa shape index (κ3) is 3.58. The van der Waals surface area contributed by atoms with E-state index in [1.807, 2.05) is 23.6 Å². The molecule has 0 aliphatic carbocycles. The Balaban J connectivity index is 2.06. The maximum Gasteiger partial charge on any atom is 0.307 e. The van der Waals surface area contributed by atoms with Crippen molar-refractivity contribution in [1.82, 2.24) is 0 Å². The third-order valence-electron chi connectivity index (χ3n) is 2.33. The number of hydrogen-bond acceptors (Lipinski definition) is 3. The number of benzene rings is 1. The van der Waals surface area contributed by atoms with Crippen LogP contribution < -0.4 is 4.74 Å². The van der Waals surface area contributed by atoms with Gasteiger partial charge in [-0.3, -0.25) is 4.79 Å². The van der Waals surface area contributed by atoms with E-state index in [1.54, 1.807) is 23.5 Å². The molecule has 0 aliphatic rings. The van der Waals surface area contributed by atoms with Gasteiger partial charge in [0.25, 0.3) is 0 Å². The number of rotatable bonds is 5. The zero-order valence-electron chi connectivity index (χ0n) is 9.43. The Morgan fingerprint density at radius 2 is 2.17 bits per heavy atom. The summed E-state index contributed by atoms with van der Waals surface area (Å²) in [5, 5.41) is 10.8. The van der Waals surface area contributed by atoms with Crippen LogP contribution in [-0.2, 0) is 17.8 Å². The first kappa shape index (κ1) is 13.1. The number of halogens is 1. The molecule has 18 heavy (non-hydrogen) atoms. The zero-order valence-corrected chi connectivity index (χ0v) is 11.8. The summed E-state index contributed by atoms with van der Waals surface area (Å²) in [5.41, 5.74) is 1.76. The Bertz CT molecular complexity index is 551. The molecule has 0 atom stereocenters. The largest absolute Gasteiger partial charge is 0.489 e. The van der Waals surface area contributed by atoms with Crippen molar-refractivity contribution in [2.24, 2.45) is 0 Å². The minimum absolute atomic E-state index is 0.0243. The van der Waals surface area contributed by atoms with Gasteiger partial charge in [-0.15, -0.1) is 11.3 Å². The van der Waals surface area contributed by atoms with Crippen molar-refractivity contribution in [2.75, 3.05) is 0 Å². The van der Waals surface area contributed by atoms with Crippen molar-refractivity contribution >= 4 is 33.2 Å². The zero-order chi connectivity index (χ0) is 13.0. The maximum absolute atomic E-state index is 10.7. The molecule has 1 aromatic carbocycles. The molecule has 0 fully saturated rings. The standard InChI is InChI=1S/C13H11BrO3S/c14-12-5-9(8-18-12)7-17-11-4-2-1-3-10(11)6-13(15)16/h1-5,8H,6-7H2,(H,15,16). The predicted octanol–water partition coefficient (Wildman–Crippen LogP) is 3.72. The van der Waals surface area contributed by atoms with E-state index in [-0.39, 0.29) is 6.42 Å². The van der Waals surface area contributed by atoms with Gasteiger partial charge in [0.05, 0.1) is 10.2 Å². The van der Waals surface area contributed by atoms with Crippen LogP contribution in [0.1, 0.15) is 11.1 Å². The van der Waals surface area contributed by atoms with E-state index in [0.717, 1.165) is 9.35 Å². The normalized spacial score (nSPS) is 10.3. The minimum atomic E-state index is -0.857. The van der Waals surface area contributed by atoms with Crippen LogP contribution in [0.4, 0.5) is 0 Å². The molecule has 94 valence electrons. The van der Waals surface area contributed by atoms with E-state index < -0.39 is 5.97 Å². The first-order valence-corrected chi connectivity index (χ1v) is 6.98. The van der Waals surface area contributed by atoms with Gasteiger partial charge in [-0.05, 0) is 33.4 Å². The van der Waals surface area contributed by atoms with Crippen LogP contribution in [0.3, 0.4) is 0 Å². The SMILES string of the molecule is O=C(O)Cc1ccccc1OCc1csc(Br)c1. The number of carboxylic acids is 1. The van der Waals surface area contributed by atoms with Gasteiger partial charge >= 0.3 is 5.97 Å². The lowest BCUT2D eigenvalue weighted by atomic mass is 10.1. The Hall–Kier alpha value is -1.33. The van der Waals surface area contributed by atoms with Crippen molar-refractivity contribution in [2.45, 2.75) is 13.0 Å². The van der Waals surface area contributed by atoms with E-state index >= 15 is 0 Å². The number of thiophene rings is 1. The molecule has 0 bridgehead atoms. The lowest BCUT2D eigenvalue weighted by molar-refractivity contribution is -0.136. The highest BCUT2D eigenvalue weighted by Gasteiger charge is 2.07. The van der Waals surface area contributed by atoms with Crippen LogP contribution in [0.15, 0.2) is 39.5 Å². The number of aliphatic carboxylic acids is 1. The summed E-state index contributed by atoms with van der Waals surface area (Å²) in [6, 6.07) is 9.20. The fourth-order valence-corrected chi connectivity index (χ4v) is 2.73. The van der Waals surface area contributed by atoms with Gasteiger partial charge in [0.2, 0.25) is 0 Å². The fraction of sp³-hybridized carbons (Fsp3) is 0.154. The number of hydrogen-bond donors (Lipinski definition) is 1. The molecule has 0 unspecified atom stereocenters. The van der Waals surface area contributed by atoms with Crippen LogP contribution in [0.25, 0.3) is 0 Å². The van der Waals surface area contributed by atoms with Gasteiger partial charge in [-0.2, -0.15) is 0 Å². The molecule has 2 rings (SSSR count). The van der Waals surface area contributed by atoms with Crippen molar-refractivity contribution in [3.05, 3.63) is 50.6 Å². The monoisotopic (exact) mass is 326 g/mol. The molecule has 0 saturated heterocycles. The van der Waals surface area contributed by atoms with Gasteiger partial charge in [0.15, 0.2) is 0 Å². The van der Waals surface area contributed by atoms with Gasteiger partial charge in [0, 0.05) is 11.1 Å². The Kier molecular flexibility index (Phi) is 4.38. The highest BCUT2D eigenvalue weighted by Crippen LogP contribution is 2.24. The molecule has 0 amide bonds. The lowest BCUT2D eigenvalue weighted by Crippen LogP contribution is -2.03. The van der Waals surface area contributed by atoms with Crippen molar-refractivity contribution in [1.29, 1.82) is 0 Å². The topological polar surface area (TPSA) is 46.5 Å². The average molecular weight is 327 g/mol. The first-order valence-electron chi connectivity index (χ1n) is 5.30. The maximum atomic E-state index is 10.7. The van der Waals surface area contributed by atoms with E-state index in [1.165, 1.54) is 0 Å². The Morgan fingerprint density at radius 3 is 2.83 bits per heavy atom. The van der Waals surface area contributed by atoms with E-state index in [4.69, 9.17) is 9.84 Å². The molecule has 3 nitrogen and oxygen atoms in total. The quantitative estimate of drug-likeness (QED) is 0.910. The molecule has 1 aromatic heterocycles. The smallest absolute Gasteiger partial charge is 0.307 e. The molecule has 5 heteroatoms. The van der Waals surface area contributed by atoms with Crippen LogP contribution in [0.2, 0.25) is 0 Å². The molecular formula is C13H11BrO3S. The second-order valence-electron chi connectivity index (χ2n) is 3.73. The van der Waals surface area contributed by atoms with Crippen LogP contribution in [0, 0.1) is 0 Å². The van der Waals surface area contributed by atoms with Crippen LogP contribution in [0.5, 0.6) is 5.75 Å². The summed E-state index contributed by atoms with van der Waals surface area (Å²) in [4.78, 5) is 10.7. The second-order valence-corrected chi connectivity index (χ2v) is 6.02. The number of carbonyl (C=O) groups is 1. The van der Waals surface area contributed by atoms with Gasteiger partial charge in [-0.25, -0.2) is 0 Å². The molecule has 1 N–H and O–H groups in total. The highest BCUT2D eigenvalue weighted by atomic mass is 79.9. The second kappa shape index (κ2) is 6.02. The van der Waals surface area contributed by atoms with Gasteiger partial charge in [-0.1, -0.05) is 18.2 Å². The number of para-hydroxylation sites is 1. The van der Waals surface area contributed by atoms with E-state index in [9.17, 15) is 4.79 Å². The molecular weight excluding hydrogens is 316 g/mol. The molecule has 0 saturated carbocycles. The van der Waals surface area contributed by atoms with Crippen molar-refractivity contribution in [3.8, 4) is 5.75 Å². The summed E-state index contributed by atoms with van der Waals surface area (Å²) in [7, 11) is 0. The summed E-state index contributed by atoms with van der Waals surface area (Å²) in [5.74, 6) is -0.230. The number of carboxylic acid groups (broad SMARTS) is 1. The summed E-state index contributed by atoms with van der Waals surface area (Å²) in [6.07, 6.45) is -0.0243. The van der Waals surface area contributed by atoms with Crippen LogP contribution in [-0.4, -0.2) is 11.1 Å². The average Bonchev–Trinajstić information content (AvgIpc) is 2.73. The summed E-state index contributed by atoms with van der Waals surface area (Å²) in [6.45, 7) is 0.443. The highest BCUT2D eigenvalue weighted by molar-refractivity contribution is 9.11. The van der Waals surface area contributed by atoms with Gasteiger partial charge in [0.1, 0.15) is 12.4 Å². The van der Waals surface area contributed by atoms with Crippen LogP contribution >= 0.6 is 27.3 Å². The third-order valence-corrected chi connectivity index (χ3v) is 3.88. The summed E-state index contributed by atoms with van der Waals surface area (Å²) < 4.78 is 6.72. The van der Waals surface area contributed by atoms with E-state index in [0.29, 0.717) is 17.9 Å².